The zero-order valence-corrected chi connectivity index (χ0v) is 25.8. The van der Waals surface area contributed by atoms with E-state index in [-0.39, 0.29) is 0 Å². The van der Waals surface area contributed by atoms with Gasteiger partial charge in [-0.25, -0.2) is 4.99 Å². The first kappa shape index (κ1) is 26.3. The second-order valence-corrected chi connectivity index (χ2v) is 12.7. The molecule has 1 spiro atoms. The van der Waals surface area contributed by atoms with Crippen molar-refractivity contribution >= 4 is 27.9 Å². The molecular weight excluding hydrogens is 571 g/mol. The maximum absolute atomic E-state index is 5.70. The first-order valence-electron chi connectivity index (χ1n) is 16.4. The third-order valence-corrected chi connectivity index (χ3v) is 10.4. The van der Waals surface area contributed by atoms with Crippen molar-refractivity contribution in [2.75, 3.05) is 13.1 Å². The molecule has 2 heterocycles. The molecule has 0 radical (unpaired) electrons. The number of amidine groups is 1. The lowest BCUT2D eigenvalue weighted by Gasteiger charge is -2.32. The first-order chi connectivity index (χ1) is 23.3. The lowest BCUT2D eigenvalue weighted by molar-refractivity contribution is 0.747. The van der Waals surface area contributed by atoms with Crippen LogP contribution in [0.4, 0.5) is 0 Å². The highest BCUT2D eigenvalue weighted by atomic mass is 15.0. The van der Waals surface area contributed by atoms with Gasteiger partial charge in [0, 0.05) is 29.9 Å². The summed E-state index contributed by atoms with van der Waals surface area (Å²) in [6.07, 6.45) is 6.48. The molecule has 10 rings (SSSR count). The summed E-state index contributed by atoms with van der Waals surface area (Å²) in [6, 6.07) is 48.8. The highest BCUT2D eigenvalue weighted by Gasteiger charge is 2.54. The van der Waals surface area contributed by atoms with E-state index in [1.807, 2.05) is 0 Å². The minimum absolute atomic E-state index is 0.508. The summed E-state index contributed by atoms with van der Waals surface area (Å²) in [7, 11) is 0. The molecule has 1 atom stereocenters. The summed E-state index contributed by atoms with van der Waals surface area (Å²) in [4.78, 5) is 5.70. The van der Waals surface area contributed by atoms with Crippen molar-refractivity contribution in [3.05, 3.63) is 191 Å². The minimum Gasteiger partial charge on any atom is -0.381 e. The van der Waals surface area contributed by atoms with Gasteiger partial charge in [0.2, 0.25) is 0 Å². The Balaban J connectivity index is 1.23. The number of dihydropyridines is 1. The second kappa shape index (κ2) is 10.0. The van der Waals surface area contributed by atoms with Gasteiger partial charge in [0.1, 0.15) is 5.84 Å². The molecule has 0 bridgehead atoms. The molecule has 6 aromatic rings. The summed E-state index contributed by atoms with van der Waals surface area (Å²) in [5.74, 6) is 0.927. The maximum Gasteiger partial charge on any atom is 0.134 e. The molecule has 2 N–H and O–H groups in total. The van der Waals surface area contributed by atoms with E-state index in [4.69, 9.17) is 4.99 Å². The van der Waals surface area contributed by atoms with Gasteiger partial charge in [0.15, 0.2) is 0 Å². The zero-order valence-electron chi connectivity index (χ0n) is 25.8. The Labute approximate surface area is 274 Å². The fraction of sp³-hybridized carbons (Fsp3) is 0.0682. The van der Waals surface area contributed by atoms with Gasteiger partial charge in [-0.2, -0.15) is 0 Å². The summed E-state index contributed by atoms with van der Waals surface area (Å²) in [5.41, 5.74) is 15.6. The molecule has 0 amide bonds. The molecule has 3 nitrogen and oxygen atoms in total. The third kappa shape index (κ3) is 3.65. The Bertz CT molecular complexity index is 2410. The van der Waals surface area contributed by atoms with Crippen molar-refractivity contribution in [2.45, 2.75) is 5.41 Å². The van der Waals surface area contributed by atoms with Gasteiger partial charge in [0.05, 0.1) is 11.1 Å². The maximum atomic E-state index is 5.70. The molecule has 0 saturated carbocycles. The van der Waals surface area contributed by atoms with Crippen LogP contribution in [-0.2, 0) is 5.41 Å². The Morgan fingerprint density at radius 2 is 1.19 bits per heavy atom. The molecule has 47 heavy (non-hydrogen) atoms. The Morgan fingerprint density at radius 1 is 0.532 bits per heavy atom. The average molecular weight is 602 g/mol. The number of hydrogen-bond donors (Lipinski definition) is 2. The Hall–Kier alpha value is -5.93. The number of aliphatic imine (C=N–C) groups is 1. The van der Waals surface area contributed by atoms with Crippen LogP contribution in [0.3, 0.4) is 0 Å². The van der Waals surface area contributed by atoms with Crippen LogP contribution < -0.4 is 10.6 Å². The fourth-order valence-corrected chi connectivity index (χ4v) is 8.39. The van der Waals surface area contributed by atoms with Crippen LogP contribution in [0.15, 0.2) is 162 Å². The molecule has 222 valence electrons. The first-order valence-corrected chi connectivity index (χ1v) is 16.4. The highest BCUT2D eigenvalue weighted by Crippen LogP contribution is 2.62. The van der Waals surface area contributed by atoms with Gasteiger partial charge in [-0.15, -0.1) is 0 Å². The number of rotatable bonds is 3. The Morgan fingerprint density at radius 3 is 2.00 bits per heavy atom. The lowest BCUT2D eigenvalue weighted by Crippen LogP contribution is -2.34. The van der Waals surface area contributed by atoms with Crippen LogP contribution in [-0.4, -0.2) is 18.9 Å². The monoisotopic (exact) mass is 601 g/mol. The SMILES string of the molecule is C1=CCNC(c2ccc3c(c2)C2(C4=C(CNC(c5ccc(-c6ccccc6)c6ccccc56)=N4)c4ccccc42)c2ccccc2-3)=C1. The lowest BCUT2D eigenvalue weighted by atomic mass is 9.72. The number of nitrogens with one attached hydrogen (secondary N) is 2. The molecule has 1 unspecified atom stereocenters. The molecule has 2 aliphatic carbocycles. The van der Waals surface area contributed by atoms with Crippen LogP contribution in [0, 0.1) is 0 Å². The van der Waals surface area contributed by atoms with Gasteiger partial charge >= 0.3 is 0 Å². The van der Waals surface area contributed by atoms with Crippen molar-refractivity contribution in [1.29, 1.82) is 0 Å². The van der Waals surface area contributed by atoms with Crippen LogP contribution >= 0.6 is 0 Å². The molecule has 0 fully saturated rings. The standard InChI is InChI=1S/C44H31N3/c1-2-12-28(13-3-1)30-23-24-36(32-15-5-4-14-31(30)32)43-46-27-37-34-17-7-9-19-39(34)44(42(37)47-43)38-18-8-6-16-33(38)35-22-21-29(26-40(35)44)41-20-10-11-25-45-41/h1-24,26,45H,25,27H2,(H,46,47). The highest BCUT2D eigenvalue weighted by molar-refractivity contribution is 6.15. The van der Waals surface area contributed by atoms with E-state index in [0.29, 0.717) is 0 Å². The molecular formula is C44H31N3. The van der Waals surface area contributed by atoms with Gasteiger partial charge in [-0.3, -0.25) is 0 Å². The molecule has 2 aliphatic heterocycles. The van der Waals surface area contributed by atoms with Crippen LogP contribution in [0.1, 0.15) is 33.4 Å². The molecule has 4 aliphatic rings. The zero-order chi connectivity index (χ0) is 31.0. The van der Waals surface area contributed by atoms with E-state index in [0.717, 1.165) is 35.9 Å². The minimum atomic E-state index is -0.508. The number of nitrogens with zero attached hydrogens (tertiary/aromatic N) is 1. The Kier molecular flexibility index (Phi) is 5.62. The quantitative estimate of drug-likeness (QED) is 0.212. The smallest absolute Gasteiger partial charge is 0.134 e. The summed E-state index contributed by atoms with van der Waals surface area (Å²) in [6.45, 7) is 1.55. The fourth-order valence-electron chi connectivity index (χ4n) is 8.39. The predicted molar refractivity (Wildman–Crippen MR) is 194 cm³/mol. The molecule has 0 aromatic heterocycles. The number of hydrogen-bond acceptors (Lipinski definition) is 3. The summed E-state index contributed by atoms with van der Waals surface area (Å²) >= 11 is 0. The van der Waals surface area contributed by atoms with Gasteiger partial charge in [-0.1, -0.05) is 140 Å². The van der Waals surface area contributed by atoms with Crippen LogP contribution in [0.2, 0.25) is 0 Å². The van der Waals surface area contributed by atoms with E-state index in [2.05, 4.69) is 162 Å². The van der Waals surface area contributed by atoms with E-state index in [1.54, 1.807) is 0 Å². The van der Waals surface area contributed by atoms with Crippen molar-refractivity contribution in [3.63, 3.8) is 0 Å². The van der Waals surface area contributed by atoms with Gasteiger partial charge in [0.25, 0.3) is 0 Å². The predicted octanol–water partition coefficient (Wildman–Crippen LogP) is 9.10. The third-order valence-electron chi connectivity index (χ3n) is 10.4. The molecule has 3 heteroatoms. The van der Waals surface area contributed by atoms with E-state index in [9.17, 15) is 0 Å². The summed E-state index contributed by atoms with van der Waals surface area (Å²) in [5, 5.41) is 9.80. The van der Waals surface area contributed by atoms with Crippen molar-refractivity contribution in [3.8, 4) is 22.3 Å². The van der Waals surface area contributed by atoms with Crippen molar-refractivity contribution in [2.24, 2.45) is 4.99 Å². The summed E-state index contributed by atoms with van der Waals surface area (Å²) < 4.78 is 0. The van der Waals surface area contributed by atoms with E-state index < -0.39 is 5.41 Å². The van der Waals surface area contributed by atoms with E-state index >= 15 is 0 Å². The van der Waals surface area contributed by atoms with Gasteiger partial charge < -0.3 is 10.6 Å². The van der Waals surface area contributed by atoms with Crippen LogP contribution in [0.25, 0.3) is 44.3 Å². The molecule has 0 saturated heterocycles. The van der Waals surface area contributed by atoms with Crippen molar-refractivity contribution < 1.29 is 0 Å². The normalized spacial score (nSPS) is 18.6. The van der Waals surface area contributed by atoms with E-state index in [1.165, 1.54) is 66.4 Å². The average Bonchev–Trinajstić information content (AvgIpc) is 3.62. The number of fused-ring (bicyclic) bond motifs is 10. The topological polar surface area (TPSA) is 36.4 Å². The number of allylic oxidation sites excluding steroid dienone is 3. The largest absolute Gasteiger partial charge is 0.381 e. The van der Waals surface area contributed by atoms with Crippen molar-refractivity contribution in [1.82, 2.24) is 10.6 Å². The molecule has 6 aromatic carbocycles. The number of benzene rings is 6. The van der Waals surface area contributed by atoms with Crippen LogP contribution in [0.5, 0.6) is 0 Å². The van der Waals surface area contributed by atoms with Gasteiger partial charge in [-0.05, 0) is 73.0 Å². The second-order valence-electron chi connectivity index (χ2n) is 12.7.